The van der Waals surface area contributed by atoms with Gasteiger partial charge < -0.3 is 14.7 Å². The summed E-state index contributed by atoms with van der Waals surface area (Å²) in [6.07, 6.45) is 6.69. The van der Waals surface area contributed by atoms with Gasteiger partial charge >= 0.3 is 0 Å². The quantitative estimate of drug-likeness (QED) is 0.581. The third-order valence-corrected chi connectivity index (χ3v) is 4.13. The van der Waals surface area contributed by atoms with Crippen LogP contribution in [0, 0.1) is 0 Å². The van der Waals surface area contributed by atoms with Gasteiger partial charge in [0.25, 0.3) is 0 Å². The molecule has 1 aromatic carbocycles. The molecule has 0 aliphatic carbocycles. The number of unbranched alkanes of at least 4 members (excludes halogenated alkanes) is 3. The van der Waals surface area contributed by atoms with Crippen molar-refractivity contribution in [2.45, 2.75) is 58.5 Å². The first-order chi connectivity index (χ1) is 10.7. The fourth-order valence-corrected chi connectivity index (χ4v) is 2.60. The van der Waals surface area contributed by atoms with Crippen molar-refractivity contribution in [1.82, 2.24) is 4.90 Å². The highest BCUT2D eigenvalue weighted by Gasteiger charge is 2.11. The summed E-state index contributed by atoms with van der Waals surface area (Å²) in [5.74, 6) is 0.833. The van der Waals surface area contributed by atoms with Gasteiger partial charge in [0.05, 0.1) is 13.2 Å². The van der Waals surface area contributed by atoms with E-state index in [1.807, 2.05) is 24.3 Å². The molecule has 1 unspecified atom stereocenters. The molecule has 0 heterocycles. The predicted octanol–water partition coefficient (Wildman–Crippen LogP) is 4.41. The van der Waals surface area contributed by atoms with Crippen LogP contribution in [0.1, 0.15) is 64.0 Å². The highest BCUT2D eigenvalue weighted by Crippen LogP contribution is 2.20. The molecule has 1 atom stereocenters. The summed E-state index contributed by atoms with van der Waals surface area (Å²) < 4.78 is 5.16. The van der Waals surface area contributed by atoms with Crippen molar-refractivity contribution in [3.63, 3.8) is 0 Å². The minimum atomic E-state index is -0.388. The first kappa shape index (κ1) is 19.0. The van der Waals surface area contributed by atoms with E-state index in [1.54, 1.807) is 7.11 Å². The van der Waals surface area contributed by atoms with Crippen LogP contribution in [-0.4, -0.2) is 36.8 Å². The fraction of sp³-hybridized carbons (Fsp3) is 0.684. The number of benzene rings is 1. The first-order valence-corrected chi connectivity index (χ1v) is 8.75. The molecule has 0 saturated carbocycles. The summed E-state index contributed by atoms with van der Waals surface area (Å²) in [5, 5.41) is 10.4. The van der Waals surface area contributed by atoms with E-state index in [-0.39, 0.29) is 6.10 Å². The lowest BCUT2D eigenvalue weighted by molar-refractivity contribution is 0.140. The smallest absolute Gasteiger partial charge is 0.118 e. The number of hydrogen-bond donors (Lipinski definition) is 1. The van der Waals surface area contributed by atoms with Crippen LogP contribution in [0.4, 0.5) is 0 Å². The van der Waals surface area contributed by atoms with Gasteiger partial charge in [-0.15, -0.1) is 0 Å². The summed E-state index contributed by atoms with van der Waals surface area (Å²) in [6, 6.07) is 7.73. The lowest BCUT2D eigenvalue weighted by Gasteiger charge is -2.23. The maximum atomic E-state index is 10.4. The Morgan fingerprint density at radius 2 is 1.59 bits per heavy atom. The third kappa shape index (κ3) is 7.28. The van der Waals surface area contributed by atoms with E-state index in [1.165, 1.54) is 32.1 Å². The molecule has 1 aromatic rings. The van der Waals surface area contributed by atoms with Gasteiger partial charge in [0, 0.05) is 6.54 Å². The molecule has 0 radical (unpaired) electrons. The largest absolute Gasteiger partial charge is 0.497 e. The number of methoxy groups -OCH3 is 1. The molecule has 3 nitrogen and oxygen atoms in total. The molecule has 3 heteroatoms. The van der Waals surface area contributed by atoms with E-state index in [2.05, 4.69) is 18.7 Å². The number of rotatable bonds is 12. The second-order valence-electron chi connectivity index (χ2n) is 5.98. The highest BCUT2D eigenvalue weighted by molar-refractivity contribution is 5.28. The number of hydrogen-bond acceptors (Lipinski definition) is 3. The Morgan fingerprint density at radius 3 is 2.18 bits per heavy atom. The zero-order valence-corrected chi connectivity index (χ0v) is 14.6. The average molecular weight is 307 g/mol. The monoisotopic (exact) mass is 307 g/mol. The van der Waals surface area contributed by atoms with Crippen molar-refractivity contribution in [3.8, 4) is 5.75 Å². The first-order valence-electron chi connectivity index (χ1n) is 8.75. The van der Waals surface area contributed by atoms with Crippen molar-refractivity contribution < 1.29 is 9.84 Å². The number of aliphatic hydroxyl groups is 1. The third-order valence-electron chi connectivity index (χ3n) is 4.13. The lowest BCUT2D eigenvalue weighted by Crippen LogP contribution is -2.28. The van der Waals surface area contributed by atoms with Crippen molar-refractivity contribution in [1.29, 1.82) is 0 Å². The summed E-state index contributed by atoms with van der Waals surface area (Å²) in [5.41, 5.74) is 0.977. The number of aliphatic hydroxyl groups excluding tert-OH is 1. The fourth-order valence-electron chi connectivity index (χ4n) is 2.60. The molecule has 1 rings (SSSR count). The summed E-state index contributed by atoms with van der Waals surface area (Å²) in [4.78, 5) is 2.51. The molecule has 126 valence electrons. The van der Waals surface area contributed by atoms with Crippen molar-refractivity contribution in [2.75, 3.05) is 26.7 Å². The molecule has 0 aliphatic rings. The second kappa shape index (κ2) is 11.5. The van der Waals surface area contributed by atoms with Gasteiger partial charge in [-0.1, -0.05) is 45.2 Å². The Hall–Kier alpha value is -1.06. The normalized spacial score (nSPS) is 12.6. The van der Waals surface area contributed by atoms with Gasteiger partial charge in [-0.3, -0.25) is 0 Å². The minimum absolute atomic E-state index is 0.388. The van der Waals surface area contributed by atoms with Gasteiger partial charge in [-0.25, -0.2) is 0 Å². The van der Waals surface area contributed by atoms with Crippen molar-refractivity contribution >= 4 is 0 Å². The van der Waals surface area contributed by atoms with Crippen LogP contribution >= 0.6 is 0 Å². The Bertz CT molecular complexity index is 378. The van der Waals surface area contributed by atoms with Gasteiger partial charge in [0.1, 0.15) is 5.75 Å². The van der Waals surface area contributed by atoms with Crippen LogP contribution in [0.5, 0.6) is 5.75 Å². The Labute approximate surface area is 136 Å². The van der Waals surface area contributed by atoms with Crippen LogP contribution < -0.4 is 4.74 Å². The van der Waals surface area contributed by atoms with Crippen LogP contribution in [0.15, 0.2) is 24.3 Å². The van der Waals surface area contributed by atoms with E-state index >= 15 is 0 Å². The Kier molecular flexibility index (Phi) is 9.93. The van der Waals surface area contributed by atoms with Crippen LogP contribution in [0.2, 0.25) is 0 Å². The molecule has 0 bridgehead atoms. The maximum Gasteiger partial charge on any atom is 0.118 e. The lowest BCUT2D eigenvalue weighted by atomic mass is 10.1. The zero-order chi connectivity index (χ0) is 16.2. The van der Waals surface area contributed by atoms with E-state index in [4.69, 9.17) is 4.74 Å². The van der Waals surface area contributed by atoms with Gasteiger partial charge in [-0.2, -0.15) is 0 Å². The molecule has 0 aliphatic heterocycles. The topological polar surface area (TPSA) is 32.7 Å². The molecule has 0 saturated heterocycles. The molecular formula is C19H33NO2. The highest BCUT2D eigenvalue weighted by atomic mass is 16.5. The van der Waals surface area contributed by atoms with Crippen LogP contribution in [-0.2, 0) is 0 Å². The zero-order valence-electron chi connectivity index (χ0n) is 14.6. The Morgan fingerprint density at radius 1 is 0.955 bits per heavy atom. The number of ether oxygens (including phenoxy) is 1. The average Bonchev–Trinajstić information content (AvgIpc) is 2.56. The number of nitrogens with zero attached hydrogens (tertiary/aromatic N) is 1. The molecule has 0 fully saturated rings. The summed E-state index contributed by atoms with van der Waals surface area (Å²) >= 11 is 0. The van der Waals surface area contributed by atoms with Gasteiger partial charge in [-0.05, 0) is 50.0 Å². The van der Waals surface area contributed by atoms with Crippen LogP contribution in [0.25, 0.3) is 0 Å². The summed E-state index contributed by atoms with van der Waals surface area (Å²) in [7, 11) is 1.66. The standard InChI is InChI=1S/C19H33NO2/c1-4-6-8-15-20(14-7-5-2)16-13-19(21)17-9-11-18(22-3)12-10-17/h9-12,19,21H,4-8,13-16H2,1-3H3. The molecule has 22 heavy (non-hydrogen) atoms. The summed E-state index contributed by atoms with van der Waals surface area (Å²) in [6.45, 7) is 7.75. The van der Waals surface area contributed by atoms with Gasteiger partial charge in [0.2, 0.25) is 0 Å². The van der Waals surface area contributed by atoms with E-state index < -0.39 is 0 Å². The second-order valence-corrected chi connectivity index (χ2v) is 5.98. The van der Waals surface area contributed by atoms with E-state index in [0.717, 1.165) is 37.4 Å². The SMILES string of the molecule is CCCCCN(CCCC)CCC(O)c1ccc(OC)cc1. The van der Waals surface area contributed by atoms with E-state index in [9.17, 15) is 5.11 Å². The Balaban J connectivity index is 2.43. The van der Waals surface area contributed by atoms with Crippen LogP contribution in [0.3, 0.4) is 0 Å². The molecule has 0 aromatic heterocycles. The maximum absolute atomic E-state index is 10.4. The van der Waals surface area contributed by atoms with Gasteiger partial charge in [0.15, 0.2) is 0 Å². The molecule has 0 amide bonds. The molecule has 0 spiro atoms. The van der Waals surface area contributed by atoms with Crippen molar-refractivity contribution in [2.24, 2.45) is 0 Å². The molecular weight excluding hydrogens is 274 g/mol. The van der Waals surface area contributed by atoms with E-state index in [0.29, 0.717) is 0 Å². The molecule has 1 N–H and O–H groups in total. The van der Waals surface area contributed by atoms with Crippen molar-refractivity contribution in [3.05, 3.63) is 29.8 Å². The minimum Gasteiger partial charge on any atom is -0.497 e. The predicted molar refractivity (Wildman–Crippen MR) is 93.4 cm³/mol.